The van der Waals surface area contributed by atoms with Crippen LogP contribution in [-0.4, -0.2) is 57.6 Å². The Hall–Kier alpha value is -5.52. The molecule has 53 heavy (non-hydrogen) atoms. The standard InChI is InChI=1S/C40H28Cl3N3O7/c41-28-21-29(42)32(30(43)22-28)46-37(44-36(45-46)24-13-5-1-6-14-24)35-34(53-40(49)27-19-11-4-12-20-27)33(52-39(48)26-17-9-3-10-18-26)31(51-35)23-50-38(47)25-15-7-2-8-16-25/h1-22,31,33-35H,23H2/t31-,33-,34-,35-/m1/s1. The molecule has 1 aliphatic rings. The van der Waals surface area contributed by atoms with Crippen molar-refractivity contribution in [3.63, 3.8) is 0 Å². The van der Waals surface area contributed by atoms with E-state index in [1.165, 1.54) is 16.8 Å². The van der Waals surface area contributed by atoms with Crippen molar-refractivity contribution in [3.05, 3.63) is 171 Å². The average Bonchev–Trinajstić information content (AvgIpc) is 3.76. The number of hydrogen-bond acceptors (Lipinski definition) is 9. The molecule has 0 saturated carbocycles. The largest absolute Gasteiger partial charge is 0.459 e. The fourth-order valence-electron chi connectivity index (χ4n) is 5.81. The molecule has 1 saturated heterocycles. The van der Waals surface area contributed by atoms with Gasteiger partial charge in [-0.25, -0.2) is 24.0 Å². The number of halogens is 3. The van der Waals surface area contributed by atoms with Gasteiger partial charge in [-0.15, -0.1) is 5.10 Å². The summed E-state index contributed by atoms with van der Waals surface area (Å²) in [6, 6.07) is 37.1. The van der Waals surface area contributed by atoms with E-state index in [9.17, 15) is 14.4 Å². The smallest absolute Gasteiger partial charge is 0.338 e. The quantitative estimate of drug-likeness (QED) is 0.0997. The summed E-state index contributed by atoms with van der Waals surface area (Å²) in [5.41, 5.74) is 1.62. The third-order valence-corrected chi connectivity index (χ3v) is 9.11. The van der Waals surface area contributed by atoms with Crippen LogP contribution >= 0.6 is 34.8 Å². The monoisotopic (exact) mass is 767 g/mol. The van der Waals surface area contributed by atoms with Crippen LogP contribution in [-0.2, 0) is 18.9 Å². The molecule has 5 aromatic carbocycles. The molecule has 0 bridgehead atoms. The Morgan fingerprint density at radius 1 is 0.642 bits per heavy atom. The van der Waals surface area contributed by atoms with Crippen molar-refractivity contribution in [3.8, 4) is 17.1 Å². The zero-order valence-electron chi connectivity index (χ0n) is 27.6. The van der Waals surface area contributed by atoms with E-state index < -0.39 is 48.9 Å². The van der Waals surface area contributed by atoms with Gasteiger partial charge in [-0.1, -0.05) is 120 Å². The van der Waals surface area contributed by atoms with Crippen molar-refractivity contribution in [2.45, 2.75) is 24.4 Å². The molecule has 1 fully saturated rings. The first kappa shape index (κ1) is 35.9. The molecule has 0 unspecified atom stereocenters. The molecule has 266 valence electrons. The summed E-state index contributed by atoms with van der Waals surface area (Å²) < 4.78 is 25.9. The lowest BCUT2D eigenvalue weighted by atomic mass is 10.1. The summed E-state index contributed by atoms with van der Waals surface area (Å²) in [6.07, 6.45) is -5.10. The molecule has 2 heterocycles. The van der Waals surface area contributed by atoms with Gasteiger partial charge in [0.25, 0.3) is 0 Å². The van der Waals surface area contributed by atoms with E-state index in [2.05, 4.69) is 0 Å². The van der Waals surface area contributed by atoms with Gasteiger partial charge < -0.3 is 18.9 Å². The summed E-state index contributed by atoms with van der Waals surface area (Å²) >= 11 is 19.7. The molecular weight excluding hydrogens is 741 g/mol. The molecule has 1 aromatic heterocycles. The molecule has 10 nitrogen and oxygen atoms in total. The topological polar surface area (TPSA) is 119 Å². The van der Waals surface area contributed by atoms with E-state index in [1.807, 2.05) is 30.3 Å². The molecule has 4 atom stereocenters. The van der Waals surface area contributed by atoms with Gasteiger partial charge in [-0.2, -0.15) is 0 Å². The maximum atomic E-state index is 13.8. The van der Waals surface area contributed by atoms with E-state index in [1.54, 1.807) is 91.0 Å². The number of esters is 3. The summed E-state index contributed by atoms with van der Waals surface area (Å²) in [5, 5.41) is 5.34. The van der Waals surface area contributed by atoms with Crippen molar-refractivity contribution in [2.75, 3.05) is 6.61 Å². The number of nitrogens with zero attached hydrogens (tertiary/aromatic N) is 3. The van der Waals surface area contributed by atoms with Crippen LogP contribution in [0.25, 0.3) is 17.1 Å². The van der Waals surface area contributed by atoms with E-state index in [-0.39, 0.29) is 43.5 Å². The van der Waals surface area contributed by atoms with Crippen LogP contribution in [0, 0.1) is 0 Å². The highest BCUT2D eigenvalue weighted by Gasteiger charge is 2.53. The zero-order valence-corrected chi connectivity index (χ0v) is 29.8. The molecule has 13 heteroatoms. The summed E-state index contributed by atoms with van der Waals surface area (Å²) in [5.74, 6) is -1.74. The Labute approximate surface area is 318 Å². The van der Waals surface area contributed by atoms with Crippen molar-refractivity contribution in [1.82, 2.24) is 14.8 Å². The van der Waals surface area contributed by atoms with Crippen LogP contribution in [0.4, 0.5) is 0 Å². The lowest BCUT2D eigenvalue weighted by Gasteiger charge is -2.24. The Kier molecular flexibility index (Phi) is 10.8. The Morgan fingerprint density at radius 2 is 1.11 bits per heavy atom. The van der Waals surface area contributed by atoms with Crippen LogP contribution in [0.2, 0.25) is 15.1 Å². The fourth-order valence-corrected chi connectivity index (χ4v) is 6.78. The van der Waals surface area contributed by atoms with Crippen LogP contribution in [0.1, 0.15) is 43.0 Å². The molecule has 0 spiro atoms. The lowest BCUT2D eigenvalue weighted by Crippen LogP contribution is -2.41. The molecular formula is C40H28Cl3N3O7. The fraction of sp³-hybridized carbons (Fsp3) is 0.125. The summed E-state index contributed by atoms with van der Waals surface area (Å²) in [7, 11) is 0. The number of benzene rings is 5. The van der Waals surface area contributed by atoms with Gasteiger partial charge in [0.2, 0.25) is 0 Å². The minimum atomic E-state index is -1.35. The average molecular weight is 769 g/mol. The van der Waals surface area contributed by atoms with Crippen LogP contribution < -0.4 is 0 Å². The first-order chi connectivity index (χ1) is 25.8. The minimum absolute atomic E-state index is 0.0958. The molecule has 0 N–H and O–H groups in total. The summed E-state index contributed by atoms with van der Waals surface area (Å²) in [6.45, 7) is -0.390. The first-order valence-corrected chi connectivity index (χ1v) is 17.5. The SMILES string of the molecule is O=C(OC[C@H]1O[C@@H](c2nc(-c3ccccc3)nn2-c2c(Cl)cc(Cl)cc2Cl)[C@H](OC(=O)c2ccccc2)[C@@H]1OC(=O)c1ccccc1)c1ccccc1. The number of carbonyl (C=O) groups is 3. The third kappa shape index (κ3) is 7.96. The van der Waals surface area contributed by atoms with Crippen molar-refractivity contribution in [2.24, 2.45) is 0 Å². The molecule has 6 aromatic rings. The van der Waals surface area contributed by atoms with Crippen LogP contribution in [0.15, 0.2) is 133 Å². The van der Waals surface area contributed by atoms with Crippen molar-refractivity contribution >= 4 is 52.7 Å². The van der Waals surface area contributed by atoms with E-state index in [0.717, 1.165) is 0 Å². The molecule has 0 amide bonds. The van der Waals surface area contributed by atoms with Gasteiger partial charge in [0, 0.05) is 10.6 Å². The van der Waals surface area contributed by atoms with E-state index >= 15 is 0 Å². The highest BCUT2D eigenvalue weighted by molar-refractivity contribution is 6.40. The number of aromatic nitrogens is 3. The normalized spacial score (nSPS) is 17.9. The second-order valence-corrected chi connectivity index (χ2v) is 13.1. The molecule has 1 aliphatic heterocycles. The number of rotatable bonds is 10. The molecule has 7 rings (SSSR count). The van der Waals surface area contributed by atoms with Crippen molar-refractivity contribution < 1.29 is 33.3 Å². The van der Waals surface area contributed by atoms with E-state index in [4.69, 9.17) is 63.8 Å². The Morgan fingerprint density at radius 3 is 1.64 bits per heavy atom. The highest BCUT2D eigenvalue weighted by atomic mass is 35.5. The zero-order chi connectivity index (χ0) is 36.9. The van der Waals surface area contributed by atoms with Gasteiger partial charge in [-0.05, 0) is 48.5 Å². The number of carbonyl (C=O) groups excluding carboxylic acids is 3. The maximum Gasteiger partial charge on any atom is 0.338 e. The summed E-state index contributed by atoms with van der Waals surface area (Å²) in [4.78, 5) is 45.4. The predicted octanol–water partition coefficient (Wildman–Crippen LogP) is 8.64. The predicted molar refractivity (Wildman–Crippen MR) is 197 cm³/mol. The highest BCUT2D eigenvalue weighted by Crippen LogP contribution is 2.41. The lowest BCUT2D eigenvalue weighted by molar-refractivity contribution is -0.0455. The van der Waals surface area contributed by atoms with Crippen LogP contribution in [0.3, 0.4) is 0 Å². The van der Waals surface area contributed by atoms with Gasteiger partial charge in [0.1, 0.15) is 18.4 Å². The second kappa shape index (κ2) is 16.0. The Bertz CT molecular complexity index is 2220. The van der Waals surface area contributed by atoms with Gasteiger partial charge in [-0.3, -0.25) is 0 Å². The molecule has 0 aliphatic carbocycles. The van der Waals surface area contributed by atoms with Crippen molar-refractivity contribution in [1.29, 1.82) is 0 Å². The van der Waals surface area contributed by atoms with Gasteiger partial charge in [0.15, 0.2) is 30.0 Å². The van der Waals surface area contributed by atoms with E-state index in [0.29, 0.717) is 11.1 Å². The Balaban J connectivity index is 1.35. The maximum absolute atomic E-state index is 13.8. The van der Waals surface area contributed by atoms with Crippen LogP contribution in [0.5, 0.6) is 0 Å². The minimum Gasteiger partial charge on any atom is -0.459 e. The molecule has 0 radical (unpaired) electrons. The van der Waals surface area contributed by atoms with Gasteiger partial charge in [0.05, 0.1) is 26.7 Å². The third-order valence-electron chi connectivity index (χ3n) is 8.32. The number of hydrogen-bond donors (Lipinski definition) is 0. The first-order valence-electron chi connectivity index (χ1n) is 16.3. The number of ether oxygens (including phenoxy) is 4. The van der Waals surface area contributed by atoms with Gasteiger partial charge >= 0.3 is 17.9 Å². The second-order valence-electron chi connectivity index (χ2n) is 11.8.